The smallest absolute Gasteiger partial charge is 0.243 e. The minimum absolute atomic E-state index is 0.0306. The zero-order chi connectivity index (χ0) is 10.8. The fourth-order valence-corrected chi connectivity index (χ4v) is 1.51. The molecule has 0 aliphatic heterocycles. The van der Waals surface area contributed by atoms with Crippen molar-refractivity contribution < 1.29 is 4.79 Å². The van der Waals surface area contributed by atoms with E-state index in [2.05, 4.69) is 18.5 Å². The molecule has 0 atom stereocenters. The van der Waals surface area contributed by atoms with Gasteiger partial charge in [-0.3, -0.25) is 4.79 Å². The van der Waals surface area contributed by atoms with Gasteiger partial charge in [0.05, 0.1) is 0 Å². The first-order valence-corrected chi connectivity index (χ1v) is 5.32. The van der Waals surface area contributed by atoms with Crippen molar-refractivity contribution in [1.82, 2.24) is 5.32 Å². The van der Waals surface area contributed by atoms with E-state index in [9.17, 15) is 4.79 Å². The molecule has 14 heavy (non-hydrogen) atoms. The van der Waals surface area contributed by atoms with Crippen LogP contribution in [-0.2, 0) is 4.79 Å². The van der Waals surface area contributed by atoms with Crippen LogP contribution in [0.5, 0.6) is 0 Å². The highest BCUT2D eigenvalue weighted by Gasteiger charge is 2.13. The molecule has 1 aliphatic rings. The number of hydrogen-bond acceptors (Lipinski definition) is 1. The minimum atomic E-state index is -0.0306. The molecular formula is C11H18ClNO. The first-order chi connectivity index (χ1) is 6.74. The van der Waals surface area contributed by atoms with E-state index >= 15 is 0 Å². The Kier molecular flexibility index (Phi) is 8.34. The Labute approximate surface area is 91.0 Å². The molecule has 0 heterocycles. The summed E-state index contributed by atoms with van der Waals surface area (Å²) in [6, 6.07) is 0.411. The van der Waals surface area contributed by atoms with Crippen molar-refractivity contribution in [1.29, 1.82) is 0 Å². The van der Waals surface area contributed by atoms with Crippen LogP contribution < -0.4 is 5.32 Å². The second-order valence-electron chi connectivity index (χ2n) is 3.20. The SMILES string of the molecule is C=CC(=O)NC1CCCCC1.C=CCl. The van der Waals surface area contributed by atoms with Gasteiger partial charge in [-0.25, -0.2) is 0 Å². The van der Waals surface area contributed by atoms with Crippen LogP contribution in [0.15, 0.2) is 24.8 Å². The highest BCUT2D eigenvalue weighted by molar-refractivity contribution is 6.25. The number of carbonyl (C=O) groups is 1. The van der Waals surface area contributed by atoms with Crippen molar-refractivity contribution >= 4 is 17.5 Å². The fraction of sp³-hybridized carbons (Fsp3) is 0.545. The summed E-state index contributed by atoms with van der Waals surface area (Å²) in [4.78, 5) is 10.9. The number of amides is 1. The molecule has 1 saturated carbocycles. The molecule has 2 nitrogen and oxygen atoms in total. The van der Waals surface area contributed by atoms with Crippen LogP contribution in [0.1, 0.15) is 32.1 Å². The largest absolute Gasteiger partial charge is 0.350 e. The summed E-state index contributed by atoms with van der Waals surface area (Å²) in [5.41, 5.74) is 1.22. The van der Waals surface area contributed by atoms with E-state index in [1.807, 2.05) is 0 Å². The van der Waals surface area contributed by atoms with Gasteiger partial charge in [-0.15, -0.1) is 0 Å². The van der Waals surface area contributed by atoms with Gasteiger partial charge in [-0.1, -0.05) is 44.0 Å². The van der Waals surface area contributed by atoms with E-state index in [0.717, 1.165) is 12.8 Å². The molecule has 1 aliphatic carbocycles. The summed E-state index contributed by atoms with van der Waals surface area (Å²) in [6.45, 7) is 6.54. The Bertz CT molecular complexity index is 186. The van der Waals surface area contributed by atoms with Crippen LogP contribution in [0, 0.1) is 0 Å². The lowest BCUT2D eigenvalue weighted by Crippen LogP contribution is -2.34. The topological polar surface area (TPSA) is 29.1 Å². The Morgan fingerprint density at radius 1 is 1.29 bits per heavy atom. The van der Waals surface area contributed by atoms with Crippen molar-refractivity contribution in [2.75, 3.05) is 0 Å². The van der Waals surface area contributed by atoms with Gasteiger partial charge in [0.15, 0.2) is 0 Å². The highest BCUT2D eigenvalue weighted by atomic mass is 35.5. The van der Waals surface area contributed by atoms with Crippen LogP contribution >= 0.6 is 11.6 Å². The van der Waals surface area contributed by atoms with Crippen LogP contribution in [-0.4, -0.2) is 11.9 Å². The Hall–Kier alpha value is -0.760. The molecule has 1 fully saturated rings. The fourth-order valence-electron chi connectivity index (χ4n) is 1.51. The monoisotopic (exact) mass is 215 g/mol. The maximum atomic E-state index is 10.9. The highest BCUT2D eigenvalue weighted by Crippen LogP contribution is 2.16. The predicted octanol–water partition coefficient (Wildman–Crippen LogP) is 2.99. The molecule has 0 aromatic heterocycles. The molecule has 0 unspecified atom stereocenters. The van der Waals surface area contributed by atoms with Crippen molar-refractivity contribution in [3.63, 3.8) is 0 Å². The standard InChI is InChI=1S/C9H15NO.C2H3Cl/c1-2-9(11)10-8-6-4-3-5-7-8;1-2-3/h2,8H,1,3-7H2,(H,10,11);2H,1H2. The summed E-state index contributed by atoms with van der Waals surface area (Å²) in [6.07, 6.45) is 7.44. The van der Waals surface area contributed by atoms with E-state index in [0.29, 0.717) is 6.04 Å². The van der Waals surface area contributed by atoms with Gasteiger partial charge >= 0.3 is 0 Å². The van der Waals surface area contributed by atoms with E-state index < -0.39 is 0 Å². The lowest BCUT2D eigenvalue weighted by atomic mass is 9.95. The number of carbonyl (C=O) groups excluding carboxylic acids is 1. The van der Waals surface area contributed by atoms with Gasteiger partial charge < -0.3 is 5.32 Å². The van der Waals surface area contributed by atoms with Crippen molar-refractivity contribution in [3.05, 3.63) is 24.8 Å². The molecule has 0 bridgehead atoms. The number of hydrogen-bond donors (Lipinski definition) is 1. The van der Waals surface area contributed by atoms with Crippen LogP contribution in [0.3, 0.4) is 0 Å². The van der Waals surface area contributed by atoms with Crippen molar-refractivity contribution in [3.8, 4) is 0 Å². The number of nitrogens with one attached hydrogen (secondary N) is 1. The average Bonchev–Trinajstić information content (AvgIpc) is 2.20. The molecule has 0 spiro atoms. The molecule has 0 aromatic rings. The average molecular weight is 216 g/mol. The number of halogens is 1. The first-order valence-electron chi connectivity index (χ1n) is 4.88. The third kappa shape index (κ3) is 6.72. The van der Waals surface area contributed by atoms with Crippen molar-refractivity contribution in [2.24, 2.45) is 0 Å². The zero-order valence-electron chi connectivity index (χ0n) is 8.47. The van der Waals surface area contributed by atoms with Gasteiger partial charge in [-0.05, 0) is 24.5 Å². The summed E-state index contributed by atoms with van der Waals surface area (Å²) in [5, 5.41) is 2.91. The Balaban J connectivity index is 0.000000500. The molecule has 80 valence electrons. The Morgan fingerprint density at radius 3 is 2.21 bits per heavy atom. The molecule has 0 aromatic carbocycles. The maximum absolute atomic E-state index is 10.9. The maximum Gasteiger partial charge on any atom is 0.243 e. The second kappa shape index (κ2) is 8.82. The minimum Gasteiger partial charge on any atom is -0.350 e. The first kappa shape index (κ1) is 13.2. The number of rotatable bonds is 2. The third-order valence-corrected chi connectivity index (χ3v) is 2.14. The molecular weight excluding hydrogens is 198 g/mol. The molecule has 3 heteroatoms. The van der Waals surface area contributed by atoms with Crippen LogP contribution in [0.4, 0.5) is 0 Å². The lowest BCUT2D eigenvalue weighted by Gasteiger charge is -2.21. The van der Waals surface area contributed by atoms with Crippen LogP contribution in [0.2, 0.25) is 0 Å². The van der Waals surface area contributed by atoms with E-state index in [4.69, 9.17) is 11.6 Å². The van der Waals surface area contributed by atoms with Gasteiger partial charge in [0.25, 0.3) is 0 Å². The summed E-state index contributed by atoms with van der Waals surface area (Å²) in [5.74, 6) is -0.0306. The van der Waals surface area contributed by atoms with E-state index in [-0.39, 0.29) is 5.91 Å². The van der Waals surface area contributed by atoms with Gasteiger partial charge in [0.1, 0.15) is 0 Å². The molecule has 0 saturated heterocycles. The predicted molar refractivity (Wildman–Crippen MR) is 61.3 cm³/mol. The summed E-state index contributed by atoms with van der Waals surface area (Å²) < 4.78 is 0. The van der Waals surface area contributed by atoms with Gasteiger partial charge in [0, 0.05) is 6.04 Å². The van der Waals surface area contributed by atoms with E-state index in [1.165, 1.54) is 30.9 Å². The van der Waals surface area contributed by atoms with Gasteiger partial charge in [-0.2, -0.15) is 0 Å². The quantitative estimate of drug-likeness (QED) is 0.705. The van der Waals surface area contributed by atoms with Crippen LogP contribution in [0.25, 0.3) is 0 Å². The molecule has 1 amide bonds. The lowest BCUT2D eigenvalue weighted by molar-refractivity contribution is -0.117. The molecule has 0 radical (unpaired) electrons. The summed E-state index contributed by atoms with van der Waals surface area (Å²) >= 11 is 4.76. The summed E-state index contributed by atoms with van der Waals surface area (Å²) in [7, 11) is 0. The van der Waals surface area contributed by atoms with E-state index in [1.54, 1.807) is 0 Å². The normalized spacial score (nSPS) is 16.1. The second-order valence-corrected chi connectivity index (χ2v) is 3.51. The zero-order valence-corrected chi connectivity index (χ0v) is 9.22. The molecule has 1 rings (SSSR count). The Morgan fingerprint density at radius 2 is 1.79 bits per heavy atom. The van der Waals surface area contributed by atoms with Crippen molar-refractivity contribution in [2.45, 2.75) is 38.1 Å². The molecule has 1 N–H and O–H groups in total. The third-order valence-electron chi connectivity index (χ3n) is 2.14. The van der Waals surface area contributed by atoms with Gasteiger partial charge in [0.2, 0.25) is 5.91 Å².